The van der Waals surface area contributed by atoms with Crippen LogP contribution in [0.1, 0.15) is 38.2 Å². The molecule has 2 aromatic rings. The third-order valence-electron chi connectivity index (χ3n) is 5.19. The van der Waals surface area contributed by atoms with Crippen molar-refractivity contribution >= 4 is 5.91 Å². The summed E-state index contributed by atoms with van der Waals surface area (Å²) in [5.41, 5.74) is 6.74. The molecule has 4 nitrogen and oxygen atoms in total. The van der Waals surface area contributed by atoms with E-state index in [-0.39, 0.29) is 5.91 Å². The number of carbonyl (C=O) groups is 1. The molecule has 2 heterocycles. The van der Waals surface area contributed by atoms with Crippen molar-refractivity contribution in [2.24, 2.45) is 0 Å². The number of aryl methyl sites for hydroxylation is 2. The predicted molar refractivity (Wildman–Crippen MR) is 96.8 cm³/mol. The first kappa shape index (κ1) is 16.0. The molecular formula is C21H23NO3. The minimum Gasteiger partial charge on any atom is -0.493 e. The Labute approximate surface area is 148 Å². The van der Waals surface area contributed by atoms with E-state index in [9.17, 15) is 4.79 Å². The molecular weight excluding hydrogens is 314 g/mol. The van der Waals surface area contributed by atoms with E-state index >= 15 is 0 Å². The monoisotopic (exact) mass is 337 g/mol. The summed E-state index contributed by atoms with van der Waals surface area (Å²) in [6.07, 6.45) is 2.63. The van der Waals surface area contributed by atoms with Gasteiger partial charge >= 0.3 is 0 Å². The fourth-order valence-electron chi connectivity index (χ4n) is 3.64. The molecule has 0 aliphatic carbocycles. The third kappa shape index (κ3) is 2.97. The molecule has 1 amide bonds. The summed E-state index contributed by atoms with van der Waals surface area (Å²) < 4.78 is 11.6. The standard InChI is InChI=1S/C21H23NO3/c1-13-3-4-16(11-14(13)2)21(23)22-8-5-18-17-7-10-24-19(17)12-15-6-9-25-20(15)18/h3-4,11-12H,5-10H2,1-2H3,(H,22,23). The van der Waals surface area contributed by atoms with Crippen LogP contribution < -0.4 is 14.8 Å². The van der Waals surface area contributed by atoms with Gasteiger partial charge in [0.25, 0.3) is 5.91 Å². The van der Waals surface area contributed by atoms with E-state index in [0.29, 0.717) is 12.1 Å². The lowest BCUT2D eigenvalue weighted by molar-refractivity contribution is 0.0954. The second-order valence-corrected chi connectivity index (χ2v) is 6.82. The average molecular weight is 337 g/mol. The number of amides is 1. The lowest BCUT2D eigenvalue weighted by Crippen LogP contribution is -2.26. The number of nitrogens with one attached hydrogen (secondary N) is 1. The van der Waals surface area contributed by atoms with Gasteiger partial charge in [0.1, 0.15) is 11.5 Å². The maximum absolute atomic E-state index is 12.4. The van der Waals surface area contributed by atoms with Crippen LogP contribution in [0.4, 0.5) is 0 Å². The summed E-state index contributed by atoms with van der Waals surface area (Å²) in [5, 5.41) is 3.04. The van der Waals surface area contributed by atoms with Crippen LogP contribution in [0.5, 0.6) is 11.5 Å². The second kappa shape index (κ2) is 6.43. The molecule has 4 heteroatoms. The summed E-state index contributed by atoms with van der Waals surface area (Å²) in [6.45, 7) is 6.15. The van der Waals surface area contributed by atoms with Crippen LogP contribution in [0.2, 0.25) is 0 Å². The van der Waals surface area contributed by atoms with Crippen molar-refractivity contribution in [1.82, 2.24) is 5.32 Å². The van der Waals surface area contributed by atoms with Crippen LogP contribution in [0, 0.1) is 13.8 Å². The number of benzene rings is 2. The molecule has 2 aromatic carbocycles. The van der Waals surface area contributed by atoms with Gasteiger partial charge in [0.15, 0.2) is 0 Å². The molecule has 0 saturated heterocycles. The second-order valence-electron chi connectivity index (χ2n) is 6.82. The molecule has 0 fully saturated rings. The van der Waals surface area contributed by atoms with E-state index < -0.39 is 0 Å². The molecule has 0 atom stereocenters. The Morgan fingerprint density at radius 1 is 1.08 bits per heavy atom. The SMILES string of the molecule is Cc1ccc(C(=O)NCCc2c3c(cc4c2OCC4)OCC3)cc1C. The topological polar surface area (TPSA) is 47.6 Å². The first-order valence-electron chi connectivity index (χ1n) is 8.92. The van der Waals surface area contributed by atoms with Crippen molar-refractivity contribution in [1.29, 1.82) is 0 Å². The van der Waals surface area contributed by atoms with Gasteiger partial charge in [0, 0.05) is 41.6 Å². The Morgan fingerprint density at radius 3 is 2.76 bits per heavy atom. The van der Waals surface area contributed by atoms with Crippen molar-refractivity contribution in [3.8, 4) is 11.5 Å². The highest BCUT2D eigenvalue weighted by molar-refractivity contribution is 5.94. The summed E-state index contributed by atoms with van der Waals surface area (Å²) >= 11 is 0. The van der Waals surface area contributed by atoms with E-state index in [0.717, 1.165) is 49.5 Å². The maximum Gasteiger partial charge on any atom is 0.251 e. The van der Waals surface area contributed by atoms with Crippen LogP contribution in [-0.2, 0) is 19.3 Å². The zero-order valence-electron chi connectivity index (χ0n) is 14.8. The van der Waals surface area contributed by atoms with Crippen LogP contribution in [0.3, 0.4) is 0 Å². The number of hydrogen-bond acceptors (Lipinski definition) is 3. The van der Waals surface area contributed by atoms with Crippen LogP contribution in [-0.4, -0.2) is 25.7 Å². The summed E-state index contributed by atoms with van der Waals surface area (Å²) in [5.74, 6) is 1.99. The normalized spacial score (nSPS) is 14.5. The zero-order valence-corrected chi connectivity index (χ0v) is 14.8. The highest BCUT2D eigenvalue weighted by Gasteiger charge is 2.26. The molecule has 130 valence electrons. The smallest absolute Gasteiger partial charge is 0.251 e. The highest BCUT2D eigenvalue weighted by Crippen LogP contribution is 2.40. The molecule has 0 spiro atoms. The van der Waals surface area contributed by atoms with Gasteiger partial charge in [0.05, 0.1) is 13.2 Å². The lowest BCUT2D eigenvalue weighted by atomic mass is 9.97. The fourth-order valence-corrected chi connectivity index (χ4v) is 3.64. The molecule has 0 saturated carbocycles. The molecule has 2 aliphatic rings. The van der Waals surface area contributed by atoms with Crippen LogP contribution >= 0.6 is 0 Å². The minimum atomic E-state index is -0.0236. The molecule has 2 aliphatic heterocycles. The van der Waals surface area contributed by atoms with E-state index in [1.165, 1.54) is 22.3 Å². The van der Waals surface area contributed by atoms with Gasteiger partial charge in [0.2, 0.25) is 0 Å². The number of carbonyl (C=O) groups excluding carboxylic acids is 1. The van der Waals surface area contributed by atoms with Gasteiger partial charge in [-0.2, -0.15) is 0 Å². The van der Waals surface area contributed by atoms with Crippen LogP contribution in [0.25, 0.3) is 0 Å². The number of rotatable bonds is 4. The Morgan fingerprint density at radius 2 is 1.92 bits per heavy atom. The quantitative estimate of drug-likeness (QED) is 0.932. The first-order chi connectivity index (χ1) is 12.1. The van der Waals surface area contributed by atoms with E-state index in [1.54, 1.807) is 0 Å². The molecule has 4 rings (SSSR count). The fraction of sp³-hybridized carbons (Fsp3) is 0.381. The Bertz CT molecular complexity index is 809. The van der Waals surface area contributed by atoms with Crippen LogP contribution in [0.15, 0.2) is 24.3 Å². The molecule has 0 aromatic heterocycles. The first-order valence-corrected chi connectivity index (χ1v) is 8.92. The van der Waals surface area contributed by atoms with Gasteiger partial charge in [-0.15, -0.1) is 0 Å². The van der Waals surface area contributed by atoms with Crippen molar-refractivity contribution < 1.29 is 14.3 Å². The minimum absolute atomic E-state index is 0.0236. The molecule has 0 unspecified atom stereocenters. The largest absolute Gasteiger partial charge is 0.493 e. The number of hydrogen-bond donors (Lipinski definition) is 1. The Balaban J connectivity index is 1.47. The average Bonchev–Trinajstić information content (AvgIpc) is 3.25. The van der Waals surface area contributed by atoms with E-state index in [2.05, 4.69) is 18.3 Å². The van der Waals surface area contributed by atoms with Gasteiger partial charge in [-0.25, -0.2) is 0 Å². The Kier molecular flexibility index (Phi) is 4.12. The van der Waals surface area contributed by atoms with Crippen molar-refractivity contribution in [2.45, 2.75) is 33.1 Å². The van der Waals surface area contributed by atoms with Crippen molar-refractivity contribution in [3.63, 3.8) is 0 Å². The molecule has 25 heavy (non-hydrogen) atoms. The lowest BCUT2D eigenvalue weighted by Gasteiger charge is -2.13. The van der Waals surface area contributed by atoms with E-state index in [4.69, 9.17) is 9.47 Å². The molecule has 1 N–H and O–H groups in total. The summed E-state index contributed by atoms with van der Waals surface area (Å²) in [7, 11) is 0. The number of fused-ring (bicyclic) bond motifs is 2. The molecule has 0 bridgehead atoms. The Hall–Kier alpha value is -2.49. The number of ether oxygens (including phenoxy) is 2. The zero-order chi connectivity index (χ0) is 17.4. The predicted octanol–water partition coefficient (Wildman–Crippen LogP) is 3.15. The maximum atomic E-state index is 12.4. The van der Waals surface area contributed by atoms with Crippen molar-refractivity contribution in [2.75, 3.05) is 19.8 Å². The summed E-state index contributed by atoms with van der Waals surface area (Å²) in [6, 6.07) is 7.94. The highest BCUT2D eigenvalue weighted by atomic mass is 16.5. The van der Waals surface area contributed by atoms with Gasteiger partial charge < -0.3 is 14.8 Å². The molecule has 0 radical (unpaired) electrons. The van der Waals surface area contributed by atoms with Gasteiger partial charge in [-0.1, -0.05) is 6.07 Å². The van der Waals surface area contributed by atoms with Gasteiger partial charge in [-0.05, 0) is 49.6 Å². The van der Waals surface area contributed by atoms with Crippen molar-refractivity contribution in [3.05, 3.63) is 57.6 Å². The third-order valence-corrected chi connectivity index (χ3v) is 5.19. The van der Waals surface area contributed by atoms with Gasteiger partial charge in [-0.3, -0.25) is 4.79 Å². The van der Waals surface area contributed by atoms with E-state index in [1.807, 2.05) is 25.1 Å². The summed E-state index contributed by atoms with van der Waals surface area (Å²) in [4.78, 5) is 12.4.